The van der Waals surface area contributed by atoms with Crippen molar-refractivity contribution < 1.29 is 0 Å². The molecule has 0 saturated carbocycles. The second-order valence-corrected chi connectivity index (χ2v) is 6.11. The molecule has 0 bridgehead atoms. The fourth-order valence-electron chi connectivity index (χ4n) is 2.47. The van der Waals surface area contributed by atoms with Gasteiger partial charge >= 0.3 is 0 Å². The topological polar surface area (TPSA) is 69.4 Å². The van der Waals surface area contributed by atoms with Crippen molar-refractivity contribution >= 4 is 22.8 Å². The Kier molecular flexibility index (Phi) is 3.70. The maximum atomic E-state index is 4.39. The first-order valence-electron chi connectivity index (χ1n) is 7.40. The number of nitrogens with zero attached hydrogens (tertiary/aromatic N) is 6. The molecule has 4 aromatic rings. The average molecular weight is 334 g/mol. The highest BCUT2D eigenvalue weighted by Gasteiger charge is 2.12. The zero-order valence-corrected chi connectivity index (χ0v) is 14.0. The third kappa shape index (κ3) is 2.52. The van der Waals surface area contributed by atoms with Gasteiger partial charge in [-0.1, -0.05) is 29.8 Å². The van der Waals surface area contributed by atoms with Crippen LogP contribution in [0.4, 0.5) is 0 Å². The fraction of sp³-hybridized carbons (Fsp3) is 0.118. The van der Waals surface area contributed by atoms with Gasteiger partial charge in [0, 0.05) is 5.56 Å². The largest absolute Gasteiger partial charge is 0.229 e. The van der Waals surface area contributed by atoms with E-state index in [1.165, 1.54) is 5.56 Å². The van der Waals surface area contributed by atoms with E-state index in [0.717, 1.165) is 27.3 Å². The molecular weight excluding hydrogens is 320 g/mol. The summed E-state index contributed by atoms with van der Waals surface area (Å²) < 4.78 is 1.68. The summed E-state index contributed by atoms with van der Waals surface area (Å²) in [5.74, 6) is 0.631. The van der Waals surface area contributed by atoms with E-state index in [1.54, 1.807) is 29.0 Å². The summed E-state index contributed by atoms with van der Waals surface area (Å²) in [6.45, 7) is 2.06. The van der Waals surface area contributed by atoms with Crippen molar-refractivity contribution in [1.82, 2.24) is 29.9 Å². The fourth-order valence-corrected chi connectivity index (χ4v) is 2.99. The van der Waals surface area contributed by atoms with Gasteiger partial charge in [-0.25, -0.2) is 9.97 Å². The van der Waals surface area contributed by atoms with E-state index in [-0.39, 0.29) is 0 Å². The SMILES string of the molecule is CSc1ncnc2c1cnn2-c1ccc(-c2ccc(C)cc2)nn1. The van der Waals surface area contributed by atoms with Gasteiger partial charge in [0.05, 0.1) is 17.3 Å². The summed E-state index contributed by atoms with van der Waals surface area (Å²) >= 11 is 1.57. The molecule has 0 aliphatic heterocycles. The van der Waals surface area contributed by atoms with Crippen LogP contribution in [0.3, 0.4) is 0 Å². The Bertz CT molecular complexity index is 992. The maximum Gasteiger partial charge on any atom is 0.178 e. The summed E-state index contributed by atoms with van der Waals surface area (Å²) in [4.78, 5) is 8.58. The highest BCUT2D eigenvalue weighted by Crippen LogP contribution is 2.24. The number of thioether (sulfide) groups is 1. The standard InChI is InChI=1S/C17H14N6S/c1-11-3-5-12(6-4-11)14-7-8-15(22-21-14)23-16-13(9-20-23)17(24-2)19-10-18-16/h3-10H,1-2H3. The van der Waals surface area contributed by atoms with E-state index < -0.39 is 0 Å². The summed E-state index contributed by atoms with van der Waals surface area (Å²) in [5, 5.41) is 14.8. The molecule has 3 heterocycles. The van der Waals surface area contributed by atoms with Crippen LogP contribution in [0.15, 0.2) is 53.9 Å². The van der Waals surface area contributed by atoms with Gasteiger partial charge in [0.25, 0.3) is 0 Å². The van der Waals surface area contributed by atoms with Crippen molar-refractivity contribution in [2.75, 3.05) is 6.26 Å². The summed E-state index contributed by atoms with van der Waals surface area (Å²) in [6, 6.07) is 12.0. The zero-order chi connectivity index (χ0) is 16.5. The average Bonchev–Trinajstić information content (AvgIpc) is 3.07. The Morgan fingerprint density at radius 3 is 2.50 bits per heavy atom. The van der Waals surface area contributed by atoms with Gasteiger partial charge in [-0.2, -0.15) is 9.78 Å². The van der Waals surface area contributed by atoms with Crippen molar-refractivity contribution in [1.29, 1.82) is 0 Å². The van der Waals surface area contributed by atoms with E-state index in [0.29, 0.717) is 5.82 Å². The van der Waals surface area contributed by atoms with Gasteiger partial charge < -0.3 is 0 Å². The predicted molar refractivity (Wildman–Crippen MR) is 94.2 cm³/mol. The molecule has 0 atom stereocenters. The monoisotopic (exact) mass is 334 g/mol. The number of hydrogen-bond donors (Lipinski definition) is 0. The molecule has 0 unspecified atom stereocenters. The summed E-state index contributed by atoms with van der Waals surface area (Å²) in [5.41, 5.74) is 3.81. The van der Waals surface area contributed by atoms with Crippen LogP contribution in [0.2, 0.25) is 0 Å². The molecule has 0 N–H and O–H groups in total. The molecule has 4 rings (SSSR count). The Morgan fingerprint density at radius 1 is 0.958 bits per heavy atom. The minimum absolute atomic E-state index is 0.631. The molecule has 24 heavy (non-hydrogen) atoms. The second kappa shape index (κ2) is 6.01. The van der Waals surface area contributed by atoms with Crippen LogP contribution in [-0.2, 0) is 0 Å². The van der Waals surface area contributed by atoms with Crippen LogP contribution in [0.1, 0.15) is 5.56 Å². The van der Waals surface area contributed by atoms with Crippen LogP contribution < -0.4 is 0 Å². The summed E-state index contributed by atoms with van der Waals surface area (Å²) in [6.07, 6.45) is 5.28. The molecule has 118 valence electrons. The number of rotatable bonds is 3. The van der Waals surface area contributed by atoms with E-state index in [9.17, 15) is 0 Å². The maximum absolute atomic E-state index is 4.39. The van der Waals surface area contributed by atoms with Crippen molar-refractivity contribution in [2.45, 2.75) is 11.9 Å². The molecule has 6 nitrogen and oxygen atoms in total. The Balaban J connectivity index is 1.74. The molecular formula is C17H14N6S. The molecule has 0 amide bonds. The van der Waals surface area contributed by atoms with Crippen LogP contribution in [0.5, 0.6) is 0 Å². The van der Waals surface area contributed by atoms with E-state index >= 15 is 0 Å². The highest BCUT2D eigenvalue weighted by molar-refractivity contribution is 7.98. The van der Waals surface area contributed by atoms with Crippen LogP contribution in [0.25, 0.3) is 28.1 Å². The first-order valence-corrected chi connectivity index (χ1v) is 8.62. The third-order valence-electron chi connectivity index (χ3n) is 3.74. The van der Waals surface area contributed by atoms with E-state index in [2.05, 4.69) is 44.3 Å². The lowest BCUT2D eigenvalue weighted by molar-refractivity contribution is 0.828. The number of hydrogen-bond acceptors (Lipinski definition) is 6. The number of aryl methyl sites for hydroxylation is 1. The second-order valence-electron chi connectivity index (χ2n) is 5.32. The Hall–Kier alpha value is -2.80. The molecule has 0 saturated heterocycles. The number of fused-ring (bicyclic) bond motifs is 1. The molecule has 0 aliphatic rings. The number of benzene rings is 1. The minimum atomic E-state index is 0.631. The molecule has 3 aromatic heterocycles. The lowest BCUT2D eigenvalue weighted by atomic mass is 10.1. The zero-order valence-electron chi connectivity index (χ0n) is 13.2. The van der Waals surface area contributed by atoms with Crippen molar-refractivity contribution in [2.24, 2.45) is 0 Å². The molecule has 1 aromatic carbocycles. The molecule has 0 aliphatic carbocycles. The van der Waals surface area contributed by atoms with Gasteiger partial charge in [-0.15, -0.1) is 22.0 Å². The van der Waals surface area contributed by atoms with E-state index in [4.69, 9.17) is 0 Å². The van der Waals surface area contributed by atoms with Gasteiger partial charge in [0.15, 0.2) is 11.5 Å². The first kappa shape index (κ1) is 14.8. The van der Waals surface area contributed by atoms with Gasteiger partial charge in [0.2, 0.25) is 0 Å². The minimum Gasteiger partial charge on any atom is -0.229 e. The summed E-state index contributed by atoms with van der Waals surface area (Å²) in [7, 11) is 0. The van der Waals surface area contributed by atoms with Gasteiger partial charge in [-0.05, 0) is 25.3 Å². The van der Waals surface area contributed by atoms with Gasteiger partial charge in [0.1, 0.15) is 11.4 Å². The van der Waals surface area contributed by atoms with E-state index in [1.807, 2.05) is 30.5 Å². The molecule has 0 radical (unpaired) electrons. The smallest absolute Gasteiger partial charge is 0.178 e. The molecule has 7 heteroatoms. The lowest BCUT2D eigenvalue weighted by Gasteiger charge is -2.04. The highest BCUT2D eigenvalue weighted by atomic mass is 32.2. The van der Waals surface area contributed by atoms with Gasteiger partial charge in [-0.3, -0.25) is 0 Å². The lowest BCUT2D eigenvalue weighted by Crippen LogP contribution is -2.02. The Labute approximate surface area is 143 Å². The van der Waals surface area contributed by atoms with Crippen LogP contribution >= 0.6 is 11.8 Å². The Morgan fingerprint density at radius 2 is 1.79 bits per heavy atom. The van der Waals surface area contributed by atoms with Crippen molar-refractivity contribution in [3.8, 4) is 17.1 Å². The normalized spacial score (nSPS) is 11.1. The number of aromatic nitrogens is 6. The third-order valence-corrected chi connectivity index (χ3v) is 4.45. The van der Waals surface area contributed by atoms with Crippen molar-refractivity contribution in [3.05, 3.63) is 54.5 Å². The first-order chi connectivity index (χ1) is 11.8. The molecule has 0 spiro atoms. The van der Waals surface area contributed by atoms with Crippen LogP contribution in [-0.4, -0.2) is 36.2 Å². The quantitative estimate of drug-likeness (QED) is 0.423. The van der Waals surface area contributed by atoms with Crippen molar-refractivity contribution in [3.63, 3.8) is 0 Å². The van der Waals surface area contributed by atoms with Crippen LogP contribution in [0, 0.1) is 6.92 Å². The predicted octanol–water partition coefficient (Wildman–Crippen LogP) is 3.30. The molecule has 0 fully saturated rings.